The zero-order chi connectivity index (χ0) is 27.1. The average molecular weight is 544 g/mol. The van der Waals surface area contributed by atoms with Gasteiger partial charge in [0.2, 0.25) is 6.29 Å². The summed E-state index contributed by atoms with van der Waals surface area (Å²) < 4.78 is 46.9. The minimum atomic E-state index is -4.64. The van der Waals surface area contributed by atoms with Gasteiger partial charge in [-0.25, -0.2) is 4.79 Å². The lowest BCUT2D eigenvalue weighted by Crippen LogP contribution is -2.46. The molecule has 0 N–H and O–H groups in total. The van der Waals surface area contributed by atoms with Gasteiger partial charge in [-0.3, -0.25) is 4.79 Å². The Balaban J connectivity index is -0.000000521. The van der Waals surface area contributed by atoms with Gasteiger partial charge in [0, 0.05) is 40.0 Å². The van der Waals surface area contributed by atoms with Gasteiger partial charge < -0.3 is 19.1 Å². The molecule has 0 aromatic heterocycles. The number of methoxy groups -OCH3 is 2. The summed E-state index contributed by atoms with van der Waals surface area (Å²) in [5.41, 5.74) is -0.413. The molecule has 0 bridgehead atoms. The second-order valence-corrected chi connectivity index (χ2v) is 10.8. The van der Waals surface area contributed by atoms with Crippen molar-refractivity contribution in [3.63, 3.8) is 0 Å². The van der Waals surface area contributed by atoms with Gasteiger partial charge in [-0.05, 0) is 77.6 Å². The van der Waals surface area contributed by atoms with Crippen LogP contribution in [-0.2, 0) is 19.0 Å². The Kier molecular flexibility index (Phi) is 22.3. The van der Waals surface area contributed by atoms with Crippen LogP contribution >= 0.6 is 0 Å². The first-order valence-electron chi connectivity index (χ1n) is 12.7. The molecule has 0 aromatic carbocycles. The summed E-state index contributed by atoms with van der Waals surface area (Å²) in [5.74, 6) is 2.59. The van der Waals surface area contributed by atoms with Crippen LogP contribution in [0.2, 0.25) is 0 Å². The van der Waals surface area contributed by atoms with E-state index in [1.165, 1.54) is 32.1 Å². The normalized spacial score (nSPS) is 23.6. The van der Waals surface area contributed by atoms with E-state index < -0.39 is 18.1 Å². The van der Waals surface area contributed by atoms with Crippen molar-refractivity contribution >= 4 is 12.4 Å². The standard InChI is InChI=1S/C14H27NO3.C10H20O.C2HF3O.2CH4/c1-11-10-12(7-9-17-5)6-8-15(11)13(16)18-14(2,3)4;1-9-4-3-5-10(8-9)6-7-11-2;3-2(4,5)1-6;;/h11-12H,6-10H2,1-5H3;9-10H,3-8H2,1-2H3;1H;2*1H4. The Morgan fingerprint density at radius 2 is 1.41 bits per heavy atom. The number of nitrogens with zero attached hydrogens (tertiary/aromatic N) is 1. The number of piperidine rings is 1. The highest BCUT2D eigenvalue weighted by molar-refractivity contribution is 5.68. The van der Waals surface area contributed by atoms with Crippen molar-refractivity contribution in [3.05, 3.63) is 0 Å². The van der Waals surface area contributed by atoms with Crippen LogP contribution in [0.25, 0.3) is 0 Å². The maximum atomic E-state index is 12.0. The van der Waals surface area contributed by atoms with Crippen LogP contribution in [0.4, 0.5) is 18.0 Å². The number of halogens is 3. The van der Waals surface area contributed by atoms with Crippen LogP contribution in [0.3, 0.4) is 0 Å². The lowest BCUT2D eigenvalue weighted by molar-refractivity contribution is -0.156. The number of likely N-dealkylation sites (tertiary alicyclic amines) is 1. The molecule has 6 nitrogen and oxygen atoms in total. The van der Waals surface area contributed by atoms with Gasteiger partial charge in [0.25, 0.3) is 0 Å². The van der Waals surface area contributed by atoms with Gasteiger partial charge in [0.1, 0.15) is 5.60 Å². The quantitative estimate of drug-likeness (QED) is 0.318. The third kappa shape index (κ3) is 21.3. The molecule has 0 spiro atoms. The first-order chi connectivity index (χ1) is 16.2. The Bertz CT molecular complexity index is 581. The van der Waals surface area contributed by atoms with Gasteiger partial charge in [-0.2, -0.15) is 13.2 Å². The monoisotopic (exact) mass is 543 g/mol. The third-order valence-electron chi connectivity index (χ3n) is 6.25. The van der Waals surface area contributed by atoms with Crippen molar-refractivity contribution in [1.82, 2.24) is 4.90 Å². The fraction of sp³-hybridized carbons (Fsp3) is 0.929. The van der Waals surface area contributed by atoms with Gasteiger partial charge >= 0.3 is 12.3 Å². The minimum Gasteiger partial charge on any atom is -0.444 e. The second-order valence-electron chi connectivity index (χ2n) is 10.8. The number of carbonyl (C=O) groups excluding carboxylic acids is 2. The Morgan fingerprint density at radius 3 is 1.78 bits per heavy atom. The number of ether oxygens (including phenoxy) is 3. The molecule has 2 fully saturated rings. The highest BCUT2D eigenvalue weighted by Gasteiger charge is 2.31. The van der Waals surface area contributed by atoms with E-state index in [-0.39, 0.29) is 27.0 Å². The van der Waals surface area contributed by atoms with Crippen molar-refractivity contribution in [2.45, 2.75) is 119 Å². The predicted octanol–water partition coefficient (Wildman–Crippen LogP) is 7.93. The molecule has 2 aliphatic rings. The Morgan fingerprint density at radius 1 is 0.919 bits per heavy atom. The molecule has 1 aliphatic carbocycles. The highest BCUT2D eigenvalue weighted by Crippen LogP contribution is 2.30. The van der Waals surface area contributed by atoms with Crippen LogP contribution in [0.5, 0.6) is 0 Å². The molecule has 0 radical (unpaired) electrons. The molecule has 1 amide bonds. The van der Waals surface area contributed by atoms with Crippen LogP contribution in [0, 0.1) is 17.8 Å². The van der Waals surface area contributed by atoms with Gasteiger partial charge in [-0.15, -0.1) is 0 Å². The first kappa shape index (κ1) is 40.2. The zero-order valence-electron chi connectivity index (χ0n) is 22.8. The molecule has 1 aliphatic heterocycles. The van der Waals surface area contributed by atoms with Gasteiger partial charge in [-0.1, -0.05) is 41.0 Å². The van der Waals surface area contributed by atoms with Gasteiger partial charge in [0.05, 0.1) is 0 Å². The van der Waals surface area contributed by atoms with Crippen molar-refractivity contribution in [2.24, 2.45) is 17.8 Å². The van der Waals surface area contributed by atoms with Crippen LogP contribution < -0.4 is 0 Å². The Labute approximate surface area is 225 Å². The van der Waals surface area contributed by atoms with E-state index in [0.29, 0.717) is 5.92 Å². The number of amides is 1. The number of alkyl halides is 3. The highest BCUT2D eigenvalue weighted by atomic mass is 19.4. The zero-order valence-corrected chi connectivity index (χ0v) is 22.8. The van der Waals surface area contributed by atoms with Crippen molar-refractivity contribution in [1.29, 1.82) is 0 Å². The lowest BCUT2D eigenvalue weighted by atomic mass is 9.81. The largest absolute Gasteiger partial charge is 0.446 e. The molecule has 37 heavy (non-hydrogen) atoms. The molecule has 1 heterocycles. The average Bonchev–Trinajstić information content (AvgIpc) is 2.75. The summed E-state index contributed by atoms with van der Waals surface area (Å²) in [6.07, 6.45) is 4.34. The van der Waals surface area contributed by atoms with E-state index in [1.807, 2.05) is 25.7 Å². The summed E-state index contributed by atoms with van der Waals surface area (Å²) >= 11 is 0. The van der Waals surface area contributed by atoms with E-state index in [2.05, 4.69) is 13.8 Å². The smallest absolute Gasteiger partial charge is 0.444 e. The van der Waals surface area contributed by atoms with Crippen LogP contribution in [0.1, 0.15) is 101 Å². The summed E-state index contributed by atoms with van der Waals surface area (Å²) in [7, 11) is 3.53. The Hall–Kier alpha value is -1.35. The fourth-order valence-electron chi connectivity index (χ4n) is 4.51. The first-order valence-corrected chi connectivity index (χ1v) is 12.7. The van der Waals surface area contributed by atoms with Gasteiger partial charge in [0.15, 0.2) is 0 Å². The maximum Gasteiger partial charge on any atom is 0.446 e. The topological polar surface area (TPSA) is 65.1 Å². The van der Waals surface area contributed by atoms with Crippen LogP contribution in [0.15, 0.2) is 0 Å². The number of rotatable bonds is 6. The van der Waals surface area contributed by atoms with E-state index in [4.69, 9.17) is 19.0 Å². The molecule has 224 valence electrons. The SMILES string of the molecule is C.C.COCCC1CCCC(C)C1.COCCC1CCN(C(=O)OC(C)(C)C)C(C)C1.O=CC(F)(F)F. The predicted molar refractivity (Wildman–Crippen MR) is 145 cm³/mol. The molecule has 9 heteroatoms. The van der Waals surface area contributed by atoms with E-state index in [0.717, 1.165) is 50.9 Å². The van der Waals surface area contributed by atoms with E-state index in [9.17, 15) is 18.0 Å². The fourth-order valence-corrected chi connectivity index (χ4v) is 4.51. The molecular formula is C28H56F3NO5. The lowest BCUT2D eigenvalue weighted by Gasteiger charge is -2.38. The minimum absolute atomic E-state index is 0. The summed E-state index contributed by atoms with van der Waals surface area (Å²) in [6.45, 7) is 12.7. The summed E-state index contributed by atoms with van der Waals surface area (Å²) in [5, 5.41) is 0. The van der Waals surface area contributed by atoms with Crippen molar-refractivity contribution < 1.29 is 37.0 Å². The third-order valence-corrected chi connectivity index (χ3v) is 6.25. The van der Waals surface area contributed by atoms with E-state index >= 15 is 0 Å². The van der Waals surface area contributed by atoms with Crippen molar-refractivity contribution in [2.75, 3.05) is 34.0 Å². The molecule has 2 rings (SSSR count). The summed E-state index contributed by atoms with van der Waals surface area (Å²) in [6, 6.07) is 0.260. The number of carbonyl (C=O) groups is 2. The van der Waals surface area contributed by atoms with Crippen molar-refractivity contribution in [3.8, 4) is 0 Å². The summed E-state index contributed by atoms with van der Waals surface area (Å²) in [4.78, 5) is 22.6. The molecule has 4 unspecified atom stereocenters. The molecule has 1 saturated carbocycles. The molecule has 4 atom stereocenters. The molecule has 1 saturated heterocycles. The molecule has 0 aromatic rings. The number of hydrogen-bond donors (Lipinski definition) is 0. The second kappa shape index (κ2) is 20.6. The van der Waals surface area contributed by atoms with Crippen LogP contribution in [-0.4, -0.2) is 69.1 Å². The number of hydrogen-bond acceptors (Lipinski definition) is 5. The number of aldehydes is 1. The van der Waals surface area contributed by atoms with E-state index in [1.54, 1.807) is 14.2 Å². The molecular weight excluding hydrogens is 487 g/mol. The maximum absolute atomic E-state index is 12.0.